The summed E-state index contributed by atoms with van der Waals surface area (Å²) >= 11 is 1.26. The van der Waals surface area contributed by atoms with Crippen molar-refractivity contribution in [1.82, 2.24) is 9.97 Å². The van der Waals surface area contributed by atoms with Crippen LogP contribution >= 0.6 is 11.3 Å². The molecule has 1 aliphatic rings. The number of fused-ring (bicyclic) bond motifs is 1. The molecule has 2 aromatic heterocycles. The number of pyridine rings is 1. The summed E-state index contributed by atoms with van der Waals surface area (Å²) in [6.07, 6.45) is 3.34. The largest absolute Gasteiger partial charge is 0.507 e. The van der Waals surface area contributed by atoms with E-state index in [1.54, 1.807) is 18.3 Å². The van der Waals surface area contributed by atoms with Gasteiger partial charge in [-0.15, -0.1) is 11.3 Å². The van der Waals surface area contributed by atoms with Crippen LogP contribution in [0.3, 0.4) is 0 Å². The van der Waals surface area contributed by atoms with E-state index in [0.717, 1.165) is 11.4 Å². The summed E-state index contributed by atoms with van der Waals surface area (Å²) in [5, 5.41) is 11.2. The van der Waals surface area contributed by atoms with Crippen LogP contribution in [0.5, 0.6) is 0 Å². The van der Waals surface area contributed by atoms with Crippen LogP contribution in [0.2, 0.25) is 0 Å². The molecule has 124 valence electrons. The normalized spacial score (nSPS) is 16.0. The van der Waals surface area contributed by atoms with E-state index in [2.05, 4.69) is 9.97 Å². The van der Waals surface area contributed by atoms with Crippen molar-refractivity contribution in [2.75, 3.05) is 0 Å². The predicted molar refractivity (Wildman–Crippen MR) is 92.3 cm³/mol. The zero-order chi connectivity index (χ0) is 17.3. The van der Waals surface area contributed by atoms with Crippen LogP contribution in [0, 0.1) is 6.92 Å². The molecule has 2 heterocycles. The number of carbonyl (C=O) groups excluding carboxylic acids is 2. The molecule has 1 aliphatic carbocycles. The molecule has 0 spiro atoms. The standard InChI is InChI=1S/C18H18N2O3S/c1-3-12(21)8-15-20-14-7-6-13(17(23)18(14)24-15)16(22)11-5-4-10(2)19-9-11/h4-5,9,22H,3,6-8H2,1-2H3. The fraction of sp³-hybridized carbons (Fsp3) is 0.333. The van der Waals surface area contributed by atoms with Crippen molar-refractivity contribution < 1.29 is 14.7 Å². The molecule has 0 atom stereocenters. The van der Waals surface area contributed by atoms with Crippen molar-refractivity contribution in [3.05, 3.63) is 50.7 Å². The van der Waals surface area contributed by atoms with Gasteiger partial charge < -0.3 is 5.11 Å². The molecule has 0 saturated carbocycles. The number of carbonyl (C=O) groups is 2. The molecule has 2 aromatic rings. The summed E-state index contributed by atoms with van der Waals surface area (Å²) in [5.74, 6) is -0.0994. The third-order valence-electron chi connectivity index (χ3n) is 4.05. The smallest absolute Gasteiger partial charge is 0.204 e. The number of thiazole rings is 1. The maximum atomic E-state index is 12.7. The minimum absolute atomic E-state index is 0.0160. The maximum absolute atomic E-state index is 12.7. The highest BCUT2D eigenvalue weighted by molar-refractivity contribution is 7.14. The molecule has 0 unspecified atom stereocenters. The third kappa shape index (κ3) is 3.14. The highest BCUT2D eigenvalue weighted by atomic mass is 32.1. The van der Waals surface area contributed by atoms with Gasteiger partial charge in [0.2, 0.25) is 5.78 Å². The number of aryl methyl sites for hydroxylation is 2. The van der Waals surface area contributed by atoms with Crippen LogP contribution in [0.25, 0.3) is 5.76 Å². The minimum atomic E-state index is -0.193. The summed E-state index contributed by atoms with van der Waals surface area (Å²) in [5.41, 5.74) is 2.52. The lowest BCUT2D eigenvalue weighted by Crippen LogP contribution is -2.14. The monoisotopic (exact) mass is 342 g/mol. The number of aliphatic hydroxyl groups is 1. The quantitative estimate of drug-likeness (QED) is 0.680. The lowest BCUT2D eigenvalue weighted by molar-refractivity contribution is -0.118. The third-order valence-corrected chi connectivity index (χ3v) is 5.14. The summed E-state index contributed by atoms with van der Waals surface area (Å²) in [6.45, 7) is 3.68. The number of hydrogen-bond acceptors (Lipinski definition) is 6. The molecule has 0 aliphatic heterocycles. The molecule has 0 bridgehead atoms. The summed E-state index contributed by atoms with van der Waals surface area (Å²) in [6, 6.07) is 3.55. The van der Waals surface area contributed by atoms with Gasteiger partial charge in [-0.3, -0.25) is 14.6 Å². The second-order valence-electron chi connectivity index (χ2n) is 5.80. The first-order chi connectivity index (χ1) is 11.5. The SMILES string of the molecule is CCC(=O)Cc1nc2c(s1)C(=O)C(=C(O)c1ccc(C)nc1)CC2. The Morgan fingerprint density at radius 2 is 2.12 bits per heavy atom. The summed E-state index contributed by atoms with van der Waals surface area (Å²) in [7, 11) is 0. The highest BCUT2D eigenvalue weighted by Crippen LogP contribution is 2.33. The Morgan fingerprint density at radius 1 is 1.33 bits per heavy atom. The first-order valence-corrected chi connectivity index (χ1v) is 8.71. The van der Waals surface area contributed by atoms with E-state index < -0.39 is 0 Å². The van der Waals surface area contributed by atoms with Gasteiger partial charge in [-0.05, 0) is 31.9 Å². The Bertz CT molecular complexity index is 834. The van der Waals surface area contributed by atoms with Crippen molar-refractivity contribution in [3.8, 4) is 0 Å². The average Bonchev–Trinajstić information content (AvgIpc) is 2.98. The summed E-state index contributed by atoms with van der Waals surface area (Å²) in [4.78, 5) is 33.4. The van der Waals surface area contributed by atoms with Crippen LogP contribution in [0.1, 0.15) is 51.4 Å². The Balaban J connectivity index is 1.92. The molecule has 0 saturated heterocycles. The number of nitrogens with zero attached hydrogens (tertiary/aromatic N) is 2. The van der Waals surface area contributed by atoms with E-state index in [0.29, 0.717) is 40.3 Å². The average molecular weight is 342 g/mol. The number of allylic oxidation sites excluding steroid dienone is 1. The second kappa shape index (κ2) is 6.65. The molecular formula is C18H18N2O3S. The molecule has 1 N–H and O–H groups in total. The summed E-state index contributed by atoms with van der Waals surface area (Å²) < 4.78 is 0. The van der Waals surface area contributed by atoms with Crippen LogP contribution in [-0.2, 0) is 17.6 Å². The van der Waals surface area contributed by atoms with Gasteiger partial charge in [-0.1, -0.05) is 6.92 Å². The van der Waals surface area contributed by atoms with Gasteiger partial charge in [0.25, 0.3) is 0 Å². The molecule has 0 radical (unpaired) electrons. The van der Waals surface area contributed by atoms with Crippen molar-refractivity contribution in [3.63, 3.8) is 0 Å². The van der Waals surface area contributed by atoms with Crippen LogP contribution in [-0.4, -0.2) is 26.6 Å². The molecule has 0 amide bonds. The lowest BCUT2D eigenvalue weighted by Gasteiger charge is -2.14. The van der Waals surface area contributed by atoms with Crippen LogP contribution < -0.4 is 0 Å². The molecule has 6 heteroatoms. The highest BCUT2D eigenvalue weighted by Gasteiger charge is 2.29. The number of aliphatic hydroxyl groups excluding tert-OH is 1. The number of hydrogen-bond donors (Lipinski definition) is 1. The van der Waals surface area contributed by atoms with E-state index in [9.17, 15) is 14.7 Å². The Kier molecular flexibility index (Phi) is 4.57. The zero-order valence-corrected chi connectivity index (χ0v) is 14.4. The van der Waals surface area contributed by atoms with E-state index >= 15 is 0 Å². The minimum Gasteiger partial charge on any atom is -0.507 e. The Labute approximate surface area is 144 Å². The predicted octanol–water partition coefficient (Wildman–Crippen LogP) is 3.47. The van der Waals surface area contributed by atoms with Gasteiger partial charge in [0.05, 0.1) is 17.0 Å². The van der Waals surface area contributed by atoms with Crippen molar-refractivity contribution in [2.24, 2.45) is 0 Å². The van der Waals surface area contributed by atoms with E-state index in [1.165, 1.54) is 11.3 Å². The first kappa shape index (κ1) is 16.5. The van der Waals surface area contributed by atoms with Crippen molar-refractivity contribution in [2.45, 2.75) is 39.5 Å². The van der Waals surface area contributed by atoms with Crippen LogP contribution in [0.4, 0.5) is 0 Å². The van der Waals surface area contributed by atoms with Gasteiger partial charge in [0.15, 0.2) is 0 Å². The first-order valence-electron chi connectivity index (χ1n) is 7.89. The van der Waals surface area contributed by atoms with E-state index in [-0.39, 0.29) is 23.7 Å². The number of rotatable bonds is 4. The molecular weight excluding hydrogens is 324 g/mol. The fourth-order valence-electron chi connectivity index (χ4n) is 2.62. The Morgan fingerprint density at radius 3 is 2.79 bits per heavy atom. The van der Waals surface area contributed by atoms with Gasteiger partial charge >= 0.3 is 0 Å². The van der Waals surface area contributed by atoms with Gasteiger partial charge in [0, 0.05) is 29.4 Å². The second-order valence-corrected chi connectivity index (χ2v) is 6.88. The fourth-order valence-corrected chi connectivity index (χ4v) is 3.73. The topological polar surface area (TPSA) is 80.2 Å². The van der Waals surface area contributed by atoms with E-state index in [1.807, 2.05) is 13.8 Å². The van der Waals surface area contributed by atoms with E-state index in [4.69, 9.17) is 0 Å². The maximum Gasteiger partial charge on any atom is 0.204 e. The number of Topliss-reactive ketones (excluding diaryl/α,β-unsaturated/α-hetero) is 2. The lowest BCUT2D eigenvalue weighted by atomic mass is 9.93. The zero-order valence-electron chi connectivity index (χ0n) is 13.6. The molecule has 24 heavy (non-hydrogen) atoms. The van der Waals surface area contributed by atoms with Crippen LogP contribution in [0.15, 0.2) is 23.9 Å². The Hall–Kier alpha value is -2.34. The van der Waals surface area contributed by atoms with Crippen molar-refractivity contribution >= 4 is 28.7 Å². The molecule has 0 fully saturated rings. The molecule has 5 nitrogen and oxygen atoms in total. The number of ketones is 2. The van der Waals surface area contributed by atoms with Gasteiger partial charge in [-0.25, -0.2) is 4.98 Å². The molecule has 3 rings (SSSR count). The number of aromatic nitrogens is 2. The molecule has 0 aromatic carbocycles. The van der Waals surface area contributed by atoms with Crippen molar-refractivity contribution in [1.29, 1.82) is 0 Å². The van der Waals surface area contributed by atoms with Gasteiger partial charge in [-0.2, -0.15) is 0 Å². The van der Waals surface area contributed by atoms with Gasteiger partial charge in [0.1, 0.15) is 16.6 Å².